The van der Waals surface area contributed by atoms with Crippen molar-refractivity contribution >= 4 is 17.2 Å². The SMILES string of the molecule is O=C(NCc1cn(-c2ccncc2)nn1)c1ccc(-c2cccs2)cc1. The van der Waals surface area contributed by atoms with E-state index in [-0.39, 0.29) is 5.91 Å². The molecule has 0 saturated carbocycles. The second-order valence-corrected chi connectivity index (χ2v) is 6.54. The standard InChI is InChI=1S/C19H15N5OS/c25-19(15-5-3-14(4-6-15)18-2-1-11-26-18)21-12-16-13-24(23-22-16)17-7-9-20-10-8-17/h1-11,13H,12H2,(H,21,25). The molecule has 0 saturated heterocycles. The molecule has 0 unspecified atom stereocenters. The number of hydrogen-bond donors (Lipinski definition) is 1. The lowest BCUT2D eigenvalue weighted by Gasteiger charge is -2.04. The number of carbonyl (C=O) groups is 1. The number of pyridine rings is 1. The number of amides is 1. The highest BCUT2D eigenvalue weighted by Gasteiger charge is 2.08. The molecule has 0 bridgehead atoms. The Hall–Kier alpha value is -3.32. The minimum absolute atomic E-state index is 0.138. The molecule has 26 heavy (non-hydrogen) atoms. The topological polar surface area (TPSA) is 72.7 Å². The van der Waals surface area contributed by atoms with Crippen LogP contribution in [-0.4, -0.2) is 25.9 Å². The zero-order valence-electron chi connectivity index (χ0n) is 13.7. The quantitative estimate of drug-likeness (QED) is 0.592. The summed E-state index contributed by atoms with van der Waals surface area (Å²) in [6.45, 7) is 0.316. The van der Waals surface area contributed by atoms with E-state index in [1.807, 2.05) is 47.8 Å². The summed E-state index contributed by atoms with van der Waals surface area (Å²) in [4.78, 5) is 17.5. The minimum Gasteiger partial charge on any atom is -0.346 e. The van der Waals surface area contributed by atoms with Crippen LogP contribution in [-0.2, 0) is 6.54 Å². The zero-order chi connectivity index (χ0) is 17.8. The molecule has 4 rings (SSSR count). The van der Waals surface area contributed by atoms with E-state index in [4.69, 9.17) is 0 Å². The number of carbonyl (C=O) groups excluding carboxylic acids is 1. The lowest BCUT2D eigenvalue weighted by molar-refractivity contribution is 0.0950. The molecule has 1 amide bonds. The first kappa shape index (κ1) is 16.2. The summed E-state index contributed by atoms with van der Waals surface area (Å²) in [5.41, 5.74) is 3.28. The highest BCUT2D eigenvalue weighted by atomic mass is 32.1. The highest BCUT2D eigenvalue weighted by Crippen LogP contribution is 2.24. The van der Waals surface area contributed by atoms with Crippen LogP contribution in [0.1, 0.15) is 16.1 Å². The minimum atomic E-state index is -0.138. The number of rotatable bonds is 5. The van der Waals surface area contributed by atoms with E-state index in [2.05, 4.69) is 26.7 Å². The molecule has 0 aliphatic rings. The predicted octanol–water partition coefficient (Wildman–Crippen LogP) is 3.32. The van der Waals surface area contributed by atoms with Crippen LogP contribution in [0.5, 0.6) is 0 Å². The third kappa shape index (κ3) is 3.52. The lowest BCUT2D eigenvalue weighted by atomic mass is 10.1. The van der Waals surface area contributed by atoms with Gasteiger partial charge in [-0.05, 0) is 41.3 Å². The van der Waals surface area contributed by atoms with Gasteiger partial charge in [-0.3, -0.25) is 9.78 Å². The van der Waals surface area contributed by atoms with Crippen molar-refractivity contribution in [3.8, 4) is 16.1 Å². The number of thiophene rings is 1. The van der Waals surface area contributed by atoms with E-state index in [1.165, 1.54) is 4.88 Å². The molecule has 0 fully saturated rings. The molecule has 7 heteroatoms. The van der Waals surface area contributed by atoms with Crippen molar-refractivity contribution in [1.82, 2.24) is 25.3 Å². The number of nitrogens with zero attached hydrogens (tertiary/aromatic N) is 4. The van der Waals surface area contributed by atoms with Crippen LogP contribution in [0.2, 0.25) is 0 Å². The smallest absolute Gasteiger partial charge is 0.251 e. The van der Waals surface area contributed by atoms with E-state index in [9.17, 15) is 4.79 Å². The number of hydrogen-bond acceptors (Lipinski definition) is 5. The van der Waals surface area contributed by atoms with Crippen LogP contribution in [0.3, 0.4) is 0 Å². The van der Waals surface area contributed by atoms with Crippen LogP contribution < -0.4 is 5.32 Å². The monoisotopic (exact) mass is 361 g/mol. The van der Waals surface area contributed by atoms with E-state index in [0.717, 1.165) is 11.3 Å². The zero-order valence-corrected chi connectivity index (χ0v) is 14.6. The van der Waals surface area contributed by atoms with Crippen LogP contribution in [0.15, 0.2) is 72.5 Å². The predicted molar refractivity (Wildman–Crippen MR) is 100 cm³/mol. The summed E-state index contributed by atoms with van der Waals surface area (Å²) < 4.78 is 1.65. The summed E-state index contributed by atoms with van der Waals surface area (Å²) in [7, 11) is 0. The third-order valence-electron chi connectivity index (χ3n) is 3.85. The van der Waals surface area contributed by atoms with Gasteiger partial charge in [-0.25, -0.2) is 4.68 Å². The first-order valence-corrected chi connectivity index (χ1v) is 8.91. The second kappa shape index (κ2) is 7.28. The molecular weight excluding hydrogens is 346 g/mol. The second-order valence-electron chi connectivity index (χ2n) is 5.60. The Morgan fingerprint density at radius 1 is 1.08 bits per heavy atom. The average molecular weight is 361 g/mol. The summed E-state index contributed by atoms with van der Waals surface area (Å²) >= 11 is 1.68. The van der Waals surface area contributed by atoms with Crippen molar-refractivity contribution in [2.75, 3.05) is 0 Å². The fraction of sp³-hybridized carbons (Fsp3) is 0.0526. The van der Waals surface area contributed by atoms with Crippen LogP contribution in [0.25, 0.3) is 16.1 Å². The van der Waals surface area contributed by atoms with E-state index >= 15 is 0 Å². The number of aromatic nitrogens is 4. The van der Waals surface area contributed by atoms with Crippen molar-refractivity contribution < 1.29 is 4.79 Å². The Morgan fingerprint density at radius 2 is 1.88 bits per heavy atom. The van der Waals surface area contributed by atoms with Crippen molar-refractivity contribution in [2.45, 2.75) is 6.54 Å². The van der Waals surface area contributed by atoms with Gasteiger partial charge in [0.2, 0.25) is 0 Å². The maximum atomic E-state index is 12.3. The molecule has 4 aromatic rings. The molecule has 0 aliphatic carbocycles. The Bertz CT molecular complexity index is 994. The molecular formula is C19H15N5OS. The van der Waals surface area contributed by atoms with E-state index < -0.39 is 0 Å². The van der Waals surface area contributed by atoms with Gasteiger partial charge in [0.05, 0.1) is 18.4 Å². The van der Waals surface area contributed by atoms with Gasteiger partial charge in [-0.1, -0.05) is 23.4 Å². The fourth-order valence-corrected chi connectivity index (χ4v) is 3.24. The van der Waals surface area contributed by atoms with Gasteiger partial charge in [-0.15, -0.1) is 16.4 Å². The van der Waals surface area contributed by atoms with Gasteiger partial charge >= 0.3 is 0 Å². The van der Waals surface area contributed by atoms with Gasteiger partial charge < -0.3 is 5.32 Å². The summed E-state index contributed by atoms with van der Waals surface area (Å²) in [6.07, 6.45) is 5.17. The van der Waals surface area contributed by atoms with Crippen molar-refractivity contribution in [3.05, 3.63) is 83.8 Å². The first-order valence-electron chi connectivity index (χ1n) is 8.03. The van der Waals surface area contributed by atoms with Crippen LogP contribution >= 0.6 is 11.3 Å². The van der Waals surface area contributed by atoms with E-state index in [0.29, 0.717) is 17.8 Å². The van der Waals surface area contributed by atoms with Crippen LogP contribution in [0, 0.1) is 0 Å². The van der Waals surface area contributed by atoms with Gasteiger partial charge in [-0.2, -0.15) is 0 Å². The molecule has 0 aliphatic heterocycles. The maximum Gasteiger partial charge on any atom is 0.251 e. The Kier molecular flexibility index (Phi) is 4.53. The Labute approximate surface area is 154 Å². The van der Waals surface area contributed by atoms with Crippen molar-refractivity contribution in [3.63, 3.8) is 0 Å². The Balaban J connectivity index is 1.39. The highest BCUT2D eigenvalue weighted by molar-refractivity contribution is 7.13. The fourth-order valence-electron chi connectivity index (χ4n) is 2.50. The average Bonchev–Trinajstić information content (AvgIpc) is 3.39. The first-order chi connectivity index (χ1) is 12.8. The largest absolute Gasteiger partial charge is 0.346 e. The molecule has 0 spiro atoms. The molecule has 3 aromatic heterocycles. The van der Waals surface area contributed by atoms with Gasteiger partial charge in [0.15, 0.2) is 0 Å². The molecule has 128 valence electrons. The van der Waals surface area contributed by atoms with Crippen LogP contribution in [0.4, 0.5) is 0 Å². The van der Waals surface area contributed by atoms with Gasteiger partial charge in [0, 0.05) is 22.8 Å². The maximum absolute atomic E-state index is 12.3. The van der Waals surface area contributed by atoms with E-state index in [1.54, 1.807) is 34.6 Å². The normalized spacial score (nSPS) is 10.6. The Morgan fingerprint density at radius 3 is 2.62 bits per heavy atom. The number of nitrogens with one attached hydrogen (secondary N) is 1. The van der Waals surface area contributed by atoms with Gasteiger partial charge in [0.25, 0.3) is 5.91 Å². The van der Waals surface area contributed by atoms with Crippen molar-refractivity contribution in [1.29, 1.82) is 0 Å². The molecule has 6 nitrogen and oxygen atoms in total. The number of benzene rings is 1. The third-order valence-corrected chi connectivity index (χ3v) is 4.77. The molecule has 0 radical (unpaired) electrons. The summed E-state index contributed by atoms with van der Waals surface area (Å²) in [5.74, 6) is -0.138. The molecule has 1 N–H and O–H groups in total. The lowest BCUT2D eigenvalue weighted by Crippen LogP contribution is -2.22. The molecule has 1 aromatic carbocycles. The molecule has 0 atom stereocenters. The molecule has 3 heterocycles. The van der Waals surface area contributed by atoms with Crippen molar-refractivity contribution in [2.24, 2.45) is 0 Å². The van der Waals surface area contributed by atoms with Gasteiger partial charge in [0.1, 0.15) is 5.69 Å². The summed E-state index contributed by atoms with van der Waals surface area (Å²) in [6, 6.07) is 15.3. The summed E-state index contributed by atoms with van der Waals surface area (Å²) in [5, 5.41) is 13.1.